The van der Waals surface area contributed by atoms with E-state index in [1.807, 2.05) is 18.2 Å². The minimum atomic E-state index is -0.126. The molecule has 27 heavy (non-hydrogen) atoms. The lowest BCUT2D eigenvalue weighted by atomic mass is 9.84. The molecule has 1 amide bonds. The fourth-order valence-electron chi connectivity index (χ4n) is 4.84. The first-order chi connectivity index (χ1) is 13.2. The van der Waals surface area contributed by atoms with Gasteiger partial charge < -0.3 is 9.88 Å². The number of carbonyl (C=O) groups is 1. The molecule has 1 aliphatic carbocycles. The Morgan fingerprint density at radius 1 is 1.11 bits per heavy atom. The summed E-state index contributed by atoms with van der Waals surface area (Å²) in [4.78, 5) is 34.5. The number of nitrogens with one attached hydrogen (secondary N) is 1. The van der Waals surface area contributed by atoms with Crippen molar-refractivity contribution >= 4 is 16.8 Å². The van der Waals surface area contributed by atoms with E-state index in [1.54, 1.807) is 6.07 Å². The highest BCUT2D eigenvalue weighted by Crippen LogP contribution is 2.32. The van der Waals surface area contributed by atoms with E-state index in [9.17, 15) is 9.59 Å². The second kappa shape index (κ2) is 8.24. The summed E-state index contributed by atoms with van der Waals surface area (Å²) >= 11 is 0. The highest BCUT2D eigenvalue weighted by molar-refractivity contribution is 5.78. The zero-order chi connectivity index (χ0) is 18.6. The van der Waals surface area contributed by atoms with Crippen molar-refractivity contribution < 1.29 is 4.79 Å². The monoisotopic (exact) mass is 367 g/mol. The molecule has 5 heteroatoms. The largest absolute Gasteiger partial charge is 0.340 e. The number of aromatic nitrogens is 2. The summed E-state index contributed by atoms with van der Waals surface area (Å²) in [5.41, 5.74) is 0.569. The van der Waals surface area contributed by atoms with E-state index in [-0.39, 0.29) is 11.5 Å². The normalized spacial score (nSPS) is 21.0. The Morgan fingerprint density at radius 2 is 1.93 bits per heavy atom. The van der Waals surface area contributed by atoms with Crippen molar-refractivity contribution in [3.63, 3.8) is 0 Å². The number of hydrogen-bond acceptors (Lipinski definition) is 3. The quantitative estimate of drug-likeness (QED) is 0.874. The van der Waals surface area contributed by atoms with Gasteiger partial charge in [-0.1, -0.05) is 44.2 Å². The Kier molecular flexibility index (Phi) is 5.55. The molecule has 0 bridgehead atoms. The Labute approximate surface area is 160 Å². The van der Waals surface area contributed by atoms with Crippen molar-refractivity contribution in [1.82, 2.24) is 14.9 Å². The van der Waals surface area contributed by atoms with Crippen LogP contribution < -0.4 is 5.56 Å². The Morgan fingerprint density at radius 3 is 2.78 bits per heavy atom. The van der Waals surface area contributed by atoms with Crippen LogP contribution in [-0.2, 0) is 11.2 Å². The molecule has 2 aromatic rings. The van der Waals surface area contributed by atoms with Crippen molar-refractivity contribution in [2.75, 3.05) is 6.54 Å². The molecule has 1 saturated carbocycles. The molecule has 1 atom stereocenters. The molecule has 144 valence electrons. The van der Waals surface area contributed by atoms with Crippen LogP contribution in [0.4, 0.5) is 0 Å². The van der Waals surface area contributed by atoms with Crippen LogP contribution in [0.1, 0.15) is 63.6 Å². The van der Waals surface area contributed by atoms with E-state index >= 15 is 0 Å². The topological polar surface area (TPSA) is 66.1 Å². The molecule has 2 aliphatic rings. The summed E-state index contributed by atoms with van der Waals surface area (Å²) in [7, 11) is 0. The zero-order valence-electron chi connectivity index (χ0n) is 16.0. The lowest BCUT2D eigenvalue weighted by Crippen LogP contribution is -2.37. The smallest absolute Gasteiger partial charge is 0.258 e. The van der Waals surface area contributed by atoms with Crippen molar-refractivity contribution in [3.05, 3.63) is 40.4 Å². The zero-order valence-corrected chi connectivity index (χ0v) is 16.0. The van der Waals surface area contributed by atoms with Gasteiger partial charge in [-0.05, 0) is 37.3 Å². The molecule has 1 saturated heterocycles. The van der Waals surface area contributed by atoms with E-state index in [0.29, 0.717) is 35.6 Å². The summed E-state index contributed by atoms with van der Waals surface area (Å²) in [6.07, 6.45) is 11.1. The third-order valence-corrected chi connectivity index (χ3v) is 6.27. The lowest BCUT2D eigenvalue weighted by molar-refractivity contribution is -0.132. The first-order valence-electron chi connectivity index (χ1n) is 10.5. The average molecular weight is 367 g/mol. The van der Waals surface area contributed by atoms with Crippen molar-refractivity contribution in [3.8, 4) is 0 Å². The van der Waals surface area contributed by atoms with Crippen LogP contribution in [0, 0.1) is 5.92 Å². The third-order valence-electron chi connectivity index (χ3n) is 6.27. The van der Waals surface area contributed by atoms with Gasteiger partial charge in [0.25, 0.3) is 5.56 Å². The second-order valence-electron chi connectivity index (χ2n) is 8.15. The van der Waals surface area contributed by atoms with E-state index in [1.165, 1.54) is 38.5 Å². The predicted molar refractivity (Wildman–Crippen MR) is 107 cm³/mol. The minimum Gasteiger partial charge on any atom is -0.340 e. The number of hydrogen-bond donors (Lipinski definition) is 1. The number of para-hydroxylation sites is 1. The molecule has 0 spiro atoms. The van der Waals surface area contributed by atoms with Crippen molar-refractivity contribution in [2.24, 2.45) is 5.92 Å². The average Bonchev–Trinajstić information content (AvgIpc) is 3.15. The number of aromatic amines is 1. The maximum absolute atomic E-state index is 12.8. The maximum Gasteiger partial charge on any atom is 0.258 e. The SMILES string of the molecule is O=C(CCc1nc2ccccc2c(=O)[nH]1)N1CCC[C@H]1CC1CCCCC1. The Balaban J connectivity index is 1.37. The molecule has 2 heterocycles. The maximum atomic E-state index is 12.8. The van der Waals surface area contributed by atoms with Crippen LogP contribution in [0.25, 0.3) is 10.9 Å². The number of amides is 1. The third kappa shape index (κ3) is 4.23. The van der Waals surface area contributed by atoms with Crippen molar-refractivity contribution in [2.45, 2.75) is 70.3 Å². The molecule has 1 N–H and O–H groups in total. The van der Waals surface area contributed by atoms with Gasteiger partial charge in [0, 0.05) is 25.4 Å². The summed E-state index contributed by atoms with van der Waals surface area (Å²) < 4.78 is 0. The van der Waals surface area contributed by atoms with Gasteiger partial charge in [0.15, 0.2) is 0 Å². The van der Waals surface area contributed by atoms with Crippen LogP contribution in [0.15, 0.2) is 29.1 Å². The number of fused-ring (bicyclic) bond motifs is 1. The fraction of sp³-hybridized carbons (Fsp3) is 0.591. The van der Waals surface area contributed by atoms with Gasteiger partial charge >= 0.3 is 0 Å². The Bertz CT molecular complexity index is 854. The van der Waals surface area contributed by atoms with Gasteiger partial charge in [-0.3, -0.25) is 9.59 Å². The second-order valence-corrected chi connectivity index (χ2v) is 8.15. The molecule has 4 rings (SSSR count). The number of nitrogens with zero attached hydrogens (tertiary/aromatic N) is 2. The van der Waals surface area contributed by atoms with E-state index in [2.05, 4.69) is 14.9 Å². The molecule has 2 fully saturated rings. The van der Waals surface area contributed by atoms with Crippen LogP contribution in [-0.4, -0.2) is 33.4 Å². The fourth-order valence-corrected chi connectivity index (χ4v) is 4.84. The van der Waals surface area contributed by atoms with Crippen LogP contribution >= 0.6 is 0 Å². The predicted octanol–water partition coefficient (Wildman–Crippen LogP) is 3.82. The number of aryl methyl sites for hydroxylation is 1. The Hall–Kier alpha value is -2.17. The number of benzene rings is 1. The molecule has 0 unspecified atom stereocenters. The highest BCUT2D eigenvalue weighted by Gasteiger charge is 2.30. The van der Waals surface area contributed by atoms with Crippen LogP contribution in [0.2, 0.25) is 0 Å². The van der Waals surface area contributed by atoms with Gasteiger partial charge in [0.2, 0.25) is 5.91 Å². The number of H-pyrrole nitrogens is 1. The van der Waals surface area contributed by atoms with Gasteiger partial charge in [-0.2, -0.15) is 0 Å². The molecular formula is C22H29N3O2. The minimum absolute atomic E-state index is 0.126. The first kappa shape index (κ1) is 18.2. The number of rotatable bonds is 5. The molecule has 1 aromatic carbocycles. The van der Waals surface area contributed by atoms with Crippen LogP contribution in [0.5, 0.6) is 0 Å². The molecule has 5 nitrogen and oxygen atoms in total. The highest BCUT2D eigenvalue weighted by atomic mass is 16.2. The standard InChI is InChI=1S/C22H29N3O2/c26-21(25-14-6-9-17(25)15-16-7-2-1-3-8-16)13-12-20-23-19-11-5-4-10-18(19)22(27)24-20/h4-5,10-11,16-17H,1-3,6-9,12-15H2,(H,23,24,27)/t17-/m0/s1. The number of likely N-dealkylation sites (tertiary alicyclic amines) is 1. The number of carbonyl (C=O) groups excluding carboxylic acids is 1. The first-order valence-corrected chi connectivity index (χ1v) is 10.5. The molecular weight excluding hydrogens is 338 g/mol. The molecule has 1 aliphatic heterocycles. The molecule has 0 radical (unpaired) electrons. The van der Waals surface area contributed by atoms with E-state index < -0.39 is 0 Å². The summed E-state index contributed by atoms with van der Waals surface area (Å²) in [6.45, 7) is 0.887. The van der Waals surface area contributed by atoms with Crippen LogP contribution in [0.3, 0.4) is 0 Å². The van der Waals surface area contributed by atoms with E-state index in [0.717, 1.165) is 25.3 Å². The lowest BCUT2D eigenvalue weighted by Gasteiger charge is -2.30. The summed E-state index contributed by atoms with van der Waals surface area (Å²) in [5, 5.41) is 0.597. The summed E-state index contributed by atoms with van der Waals surface area (Å²) in [5.74, 6) is 1.62. The van der Waals surface area contributed by atoms with Crippen molar-refractivity contribution in [1.29, 1.82) is 0 Å². The van der Waals surface area contributed by atoms with Gasteiger partial charge in [-0.15, -0.1) is 0 Å². The van der Waals surface area contributed by atoms with E-state index in [4.69, 9.17) is 0 Å². The van der Waals surface area contributed by atoms with Gasteiger partial charge in [0.05, 0.1) is 10.9 Å². The summed E-state index contributed by atoms with van der Waals surface area (Å²) in [6, 6.07) is 7.75. The van der Waals surface area contributed by atoms with Gasteiger partial charge in [-0.25, -0.2) is 4.98 Å². The van der Waals surface area contributed by atoms with Gasteiger partial charge in [0.1, 0.15) is 5.82 Å². The molecule has 1 aromatic heterocycles.